The van der Waals surface area contributed by atoms with Crippen molar-refractivity contribution in [2.75, 3.05) is 18.1 Å². The molecule has 1 saturated heterocycles. The summed E-state index contributed by atoms with van der Waals surface area (Å²) in [6, 6.07) is 5.89. The van der Waals surface area contributed by atoms with Gasteiger partial charge in [0.1, 0.15) is 5.82 Å². The molecule has 112 valence electrons. The van der Waals surface area contributed by atoms with Crippen molar-refractivity contribution in [3.63, 3.8) is 0 Å². The summed E-state index contributed by atoms with van der Waals surface area (Å²) in [6.07, 6.45) is 0.306. The number of hydrogen-bond acceptors (Lipinski definition) is 6. The number of aromatic nitrogens is 2. The zero-order valence-electron chi connectivity index (χ0n) is 11.1. The van der Waals surface area contributed by atoms with Gasteiger partial charge in [-0.3, -0.25) is 0 Å². The maximum Gasteiger partial charge on any atom is 0.228 e. The van der Waals surface area contributed by atoms with Crippen LogP contribution < -0.4 is 5.32 Å². The highest BCUT2D eigenvalue weighted by Gasteiger charge is 2.26. The molecular formula is C13H14FN3O3S. The number of hydrogen-bond donors (Lipinski definition) is 1. The zero-order valence-corrected chi connectivity index (χ0v) is 11.9. The molecule has 0 aliphatic carbocycles. The highest BCUT2D eigenvalue weighted by atomic mass is 32.2. The van der Waals surface area contributed by atoms with Crippen LogP contribution in [-0.2, 0) is 16.3 Å². The van der Waals surface area contributed by atoms with Gasteiger partial charge in [0, 0.05) is 19.0 Å². The van der Waals surface area contributed by atoms with Crippen molar-refractivity contribution < 1.29 is 17.3 Å². The monoisotopic (exact) mass is 311 g/mol. The summed E-state index contributed by atoms with van der Waals surface area (Å²) >= 11 is 0. The first-order valence-electron chi connectivity index (χ1n) is 6.55. The fourth-order valence-electron chi connectivity index (χ4n) is 2.30. The van der Waals surface area contributed by atoms with E-state index in [-0.39, 0.29) is 28.9 Å². The van der Waals surface area contributed by atoms with E-state index in [0.717, 1.165) is 0 Å². The summed E-state index contributed by atoms with van der Waals surface area (Å²) < 4.78 is 41.8. The van der Waals surface area contributed by atoms with Crippen LogP contribution in [0.5, 0.6) is 0 Å². The zero-order chi connectivity index (χ0) is 14.9. The second-order valence-corrected chi connectivity index (χ2v) is 7.19. The highest BCUT2D eigenvalue weighted by Crippen LogP contribution is 2.19. The van der Waals surface area contributed by atoms with Gasteiger partial charge in [0.15, 0.2) is 9.84 Å². The van der Waals surface area contributed by atoms with Crippen LogP contribution in [0.1, 0.15) is 5.89 Å². The van der Waals surface area contributed by atoms with E-state index < -0.39 is 15.7 Å². The quantitative estimate of drug-likeness (QED) is 0.902. The molecule has 0 radical (unpaired) electrons. The van der Waals surface area contributed by atoms with E-state index in [1.165, 1.54) is 6.07 Å². The summed E-state index contributed by atoms with van der Waals surface area (Å²) in [5.74, 6) is 0.228. The first kappa shape index (κ1) is 14.2. The third-order valence-corrected chi connectivity index (χ3v) is 5.04. The van der Waals surface area contributed by atoms with Gasteiger partial charge >= 0.3 is 0 Å². The molecule has 1 aromatic carbocycles. The van der Waals surface area contributed by atoms with E-state index in [2.05, 4.69) is 15.5 Å². The second kappa shape index (κ2) is 5.53. The lowest BCUT2D eigenvalue weighted by Gasteiger charge is -2.21. The first-order chi connectivity index (χ1) is 10.0. The number of rotatable bonds is 3. The Kier molecular flexibility index (Phi) is 3.73. The van der Waals surface area contributed by atoms with Crippen LogP contribution in [0.3, 0.4) is 0 Å². The van der Waals surface area contributed by atoms with Gasteiger partial charge in [0.25, 0.3) is 0 Å². The van der Waals surface area contributed by atoms with E-state index in [9.17, 15) is 12.8 Å². The number of nitrogens with zero attached hydrogens (tertiary/aromatic N) is 2. The molecule has 0 saturated carbocycles. The van der Waals surface area contributed by atoms with Gasteiger partial charge in [-0.2, -0.15) is 4.98 Å². The van der Waals surface area contributed by atoms with Gasteiger partial charge < -0.3 is 9.84 Å². The molecule has 1 aliphatic heterocycles. The Morgan fingerprint density at radius 2 is 2.19 bits per heavy atom. The third kappa shape index (κ3) is 3.27. The van der Waals surface area contributed by atoms with Crippen molar-refractivity contribution in [3.05, 3.63) is 36.0 Å². The van der Waals surface area contributed by atoms with Gasteiger partial charge in [-0.25, -0.2) is 12.8 Å². The third-order valence-electron chi connectivity index (χ3n) is 3.31. The van der Waals surface area contributed by atoms with E-state index in [1.54, 1.807) is 18.2 Å². The highest BCUT2D eigenvalue weighted by molar-refractivity contribution is 7.91. The number of benzene rings is 1. The number of halogens is 1. The molecule has 0 amide bonds. The average Bonchev–Trinajstić information content (AvgIpc) is 2.86. The van der Waals surface area contributed by atoms with E-state index in [0.29, 0.717) is 18.9 Å². The molecule has 8 heteroatoms. The van der Waals surface area contributed by atoms with Gasteiger partial charge in [0.05, 0.1) is 17.1 Å². The Morgan fingerprint density at radius 3 is 2.95 bits per heavy atom. The second-order valence-electron chi connectivity index (χ2n) is 4.96. The predicted octanol–water partition coefficient (Wildman–Crippen LogP) is 0.805. The molecule has 2 heterocycles. The van der Waals surface area contributed by atoms with Crippen molar-refractivity contribution in [2.24, 2.45) is 0 Å². The van der Waals surface area contributed by atoms with Crippen LogP contribution in [0, 0.1) is 5.82 Å². The average molecular weight is 311 g/mol. The van der Waals surface area contributed by atoms with Crippen molar-refractivity contribution in [3.8, 4) is 11.4 Å². The molecule has 21 heavy (non-hydrogen) atoms. The molecule has 0 bridgehead atoms. The number of nitrogens with one attached hydrogen (secondary N) is 1. The van der Waals surface area contributed by atoms with Gasteiger partial charge in [-0.1, -0.05) is 17.3 Å². The van der Waals surface area contributed by atoms with Crippen molar-refractivity contribution >= 4 is 9.84 Å². The Hall–Kier alpha value is -1.80. The Labute approximate surface area is 121 Å². The molecule has 1 N–H and O–H groups in total. The normalized spacial score (nSPS) is 21.3. The maximum atomic E-state index is 13.6. The van der Waals surface area contributed by atoms with Crippen LogP contribution in [-0.4, -0.2) is 42.7 Å². The summed E-state index contributed by atoms with van der Waals surface area (Å²) in [7, 11) is -3.02. The van der Waals surface area contributed by atoms with Crippen molar-refractivity contribution in [2.45, 2.75) is 12.5 Å². The lowest BCUT2D eigenvalue weighted by Crippen LogP contribution is -2.46. The molecule has 1 aliphatic rings. The largest absolute Gasteiger partial charge is 0.339 e. The molecule has 1 atom stereocenters. The molecule has 1 fully saturated rings. The topological polar surface area (TPSA) is 85.1 Å². The van der Waals surface area contributed by atoms with E-state index in [1.807, 2.05) is 0 Å². The van der Waals surface area contributed by atoms with Crippen LogP contribution in [0.4, 0.5) is 4.39 Å². The fourth-order valence-corrected chi connectivity index (χ4v) is 3.74. The van der Waals surface area contributed by atoms with Crippen molar-refractivity contribution in [1.29, 1.82) is 0 Å². The van der Waals surface area contributed by atoms with Gasteiger partial charge in [-0.15, -0.1) is 0 Å². The Morgan fingerprint density at radius 1 is 1.38 bits per heavy atom. The SMILES string of the molecule is O=S1(=O)CCNC(Cc2nc(-c3ccccc3F)no2)C1. The summed E-state index contributed by atoms with van der Waals surface area (Å²) in [5, 5.41) is 6.85. The van der Waals surface area contributed by atoms with Crippen LogP contribution in [0.15, 0.2) is 28.8 Å². The Balaban J connectivity index is 1.75. The number of sulfone groups is 1. The van der Waals surface area contributed by atoms with Crippen LogP contribution in [0.25, 0.3) is 11.4 Å². The van der Waals surface area contributed by atoms with Crippen LogP contribution in [0.2, 0.25) is 0 Å². The van der Waals surface area contributed by atoms with Crippen LogP contribution >= 0.6 is 0 Å². The Bertz CT molecular complexity index is 745. The molecular weight excluding hydrogens is 297 g/mol. The molecule has 6 nitrogen and oxygen atoms in total. The molecule has 2 aromatic rings. The summed E-state index contributed by atoms with van der Waals surface area (Å²) in [4.78, 5) is 4.13. The lowest BCUT2D eigenvalue weighted by molar-refractivity contribution is 0.361. The summed E-state index contributed by atoms with van der Waals surface area (Å²) in [5.41, 5.74) is 0.261. The van der Waals surface area contributed by atoms with E-state index in [4.69, 9.17) is 4.52 Å². The smallest absolute Gasteiger partial charge is 0.228 e. The van der Waals surface area contributed by atoms with Gasteiger partial charge in [0.2, 0.25) is 11.7 Å². The fraction of sp³-hybridized carbons (Fsp3) is 0.385. The van der Waals surface area contributed by atoms with Crippen molar-refractivity contribution in [1.82, 2.24) is 15.5 Å². The first-order valence-corrected chi connectivity index (χ1v) is 8.37. The predicted molar refractivity (Wildman–Crippen MR) is 73.8 cm³/mol. The maximum absolute atomic E-state index is 13.6. The molecule has 0 spiro atoms. The minimum Gasteiger partial charge on any atom is -0.339 e. The molecule has 1 unspecified atom stereocenters. The van der Waals surface area contributed by atoms with Gasteiger partial charge in [-0.05, 0) is 12.1 Å². The molecule has 3 rings (SSSR count). The minimum absolute atomic E-state index is 0.0460. The van der Waals surface area contributed by atoms with E-state index >= 15 is 0 Å². The molecule has 1 aromatic heterocycles. The minimum atomic E-state index is -3.02. The standard InChI is InChI=1S/C13H14FN3O3S/c14-11-4-2-1-3-10(11)13-16-12(20-17-13)7-9-8-21(18,19)6-5-15-9/h1-4,9,15H,5-8H2. The summed E-state index contributed by atoms with van der Waals surface area (Å²) in [6.45, 7) is 0.418. The lowest BCUT2D eigenvalue weighted by atomic mass is 10.2.